The topological polar surface area (TPSA) is 188 Å². The Morgan fingerprint density at radius 3 is 0.729 bits per heavy atom. The molecule has 0 saturated carbocycles. The van der Waals surface area contributed by atoms with E-state index in [0.29, 0.717) is 46.1 Å². The van der Waals surface area contributed by atoms with Crippen LogP contribution in [0.4, 0.5) is 0 Å². The average Bonchev–Trinajstić information content (AvgIpc) is 3.70. The molecule has 48 heavy (non-hydrogen) atoms. The Morgan fingerprint density at radius 2 is 0.562 bits per heavy atom. The maximum atomic E-state index is 13.5. The Bertz CT molecular complexity index is 1690. The van der Waals surface area contributed by atoms with Gasteiger partial charge in [-0.1, -0.05) is 0 Å². The third kappa shape index (κ3) is 5.64. The lowest BCUT2D eigenvalue weighted by Gasteiger charge is -2.14. The van der Waals surface area contributed by atoms with Gasteiger partial charge in [-0.25, -0.2) is 19.9 Å². The summed E-state index contributed by atoms with van der Waals surface area (Å²) in [7, 11) is 7.12. The summed E-state index contributed by atoms with van der Waals surface area (Å²) < 4.78 is 7.05. The number of carbonyl (C=O) groups is 4. The minimum absolute atomic E-state index is 0.207. The average molecular weight is 661 g/mol. The number of imidazole rings is 4. The van der Waals surface area contributed by atoms with Crippen LogP contribution in [0, 0.1) is 27.7 Å². The Kier molecular flexibility index (Phi) is 8.79. The monoisotopic (exact) mass is 660 g/mol. The van der Waals surface area contributed by atoms with Gasteiger partial charge in [0.15, 0.2) is 0 Å². The maximum Gasteiger partial charge on any atom is 0.272 e. The van der Waals surface area contributed by atoms with Crippen LogP contribution in [0.5, 0.6) is 0 Å². The number of fused-ring (bicyclic) bond motifs is 8. The fourth-order valence-corrected chi connectivity index (χ4v) is 6.13. The molecule has 8 bridgehead atoms. The molecule has 256 valence electrons. The Hall–Kier alpha value is -5.28. The summed E-state index contributed by atoms with van der Waals surface area (Å²) in [6, 6.07) is -2.30. The van der Waals surface area contributed by atoms with Crippen molar-refractivity contribution in [2.24, 2.45) is 28.2 Å². The highest BCUT2D eigenvalue weighted by Gasteiger charge is 2.30. The van der Waals surface area contributed by atoms with Gasteiger partial charge in [0.25, 0.3) is 23.6 Å². The van der Waals surface area contributed by atoms with Crippen LogP contribution in [-0.2, 0) is 28.2 Å². The Morgan fingerprint density at radius 1 is 0.396 bits per heavy atom. The highest BCUT2D eigenvalue weighted by Crippen LogP contribution is 2.23. The van der Waals surface area contributed by atoms with Gasteiger partial charge in [-0.05, 0) is 55.4 Å². The minimum Gasteiger partial charge on any atom is -0.341 e. The number of amides is 4. The van der Waals surface area contributed by atoms with Crippen LogP contribution in [0.1, 0.15) is 140 Å². The van der Waals surface area contributed by atoms with E-state index in [2.05, 4.69) is 41.2 Å². The molecule has 5 rings (SSSR count). The molecule has 0 fully saturated rings. The zero-order valence-corrected chi connectivity index (χ0v) is 29.5. The summed E-state index contributed by atoms with van der Waals surface area (Å²) in [5.41, 5.74) is 3.27. The number of hydrogen-bond donors (Lipinski definition) is 4. The molecule has 1 aliphatic rings. The first-order valence-corrected chi connectivity index (χ1v) is 15.8. The van der Waals surface area contributed by atoms with E-state index in [4.69, 9.17) is 0 Å². The minimum atomic E-state index is -0.574. The van der Waals surface area contributed by atoms with Crippen molar-refractivity contribution < 1.29 is 19.2 Å². The van der Waals surface area contributed by atoms with E-state index in [0.717, 1.165) is 0 Å². The second kappa shape index (κ2) is 12.4. The molecule has 4 atom stereocenters. The number of nitrogens with zero attached hydrogens (tertiary/aromatic N) is 8. The standard InChI is InChI=1S/C32H44N12O4/c1-13-25-37-22(17(5)41(25)9)30(46)34-15(3)27-39-24(19(7)43(27)11)32(48)36-16(4)28-40-23(20(8)44(28)12)31(47)35-14(2)26-38-21(29(45)33-13)18(6)42(26)10/h13-16H,1-12H3,(H,33,45)(H,34,46)(H,35,47)(H,36,48)/t13-,14-,15-,16-/m0/s1. The first kappa shape index (κ1) is 34.1. The van der Waals surface area contributed by atoms with Crippen LogP contribution in [0.3, 0.4) is 0 Å². The summed E-state index contributed by atoms with van der Waals surface area (Å²) >= 11 is 0. The summed E-state index contributed by atoms with van der Waals surface area (Å²) in [5, 5.41) is 11.8. The molecule has 0 saturated heterocycles. The molecule has 0 unspecified atom stereocenters. The van der Waals surface area contributed by atoms with Gasteiger partial charge in [0.05, 0.1) is 24.2 Å². The van der Waals surface area contributed by atoms with Gasteiger partial charge in [0, 0.05) is 51.0 Å². The van der Waals surface area contributed by atoms with Crippen LogP contribution in [0.15, 0.2) is 0 Å². The lowest BCUT2D eigenvalue weighted by Crippen LogP contribution is -2.31. The molecule has 0 radical (unpaired) electrons. The zero-order chi connectivity index (χ0) is 35.5. The molecular weight excluding hydrogens is 616 g/mol. The molecule has 16 heteroatoms. The third-order valence-electron chi connectivity index (χ3n) is 9.46. The maximum absolute atomic E-state index is 13.5. The van der Waals surface area contributed by atoms with E-state index in [1.807, 2.05) is 0 Å². The normalized spacial score (nSPS) is 20.9. The summed E-state index contributed by atoms with van der Waals surface area (Å²) in [6.45, 7) is 14.2. The van der Waals surface area contributed by atoms with Crippen LogP contribution >= 0.6 is 0 Å². The number of aromatic nitrogens is 8. The van der Waals surface area contributed by atoms with Crippen molar-refractivity contribution in [3.63, 3.8) is 0 Å². The predicted octanol–water partition coefficient (Wildman–Crippen LogP) is 2.13. The first-order chi connectivity index (χ1) is 22.4. The molecule has 4 amide bonds. The van der Waals surface area contributed by atoms with Crippen LogP contribution in [0.2, 0.25) is 0 Å². The Labute approximate surface area is 278 Å². The fraction of sp³-hybridized carbons (Fsp3) is 0.500. The quantitative estimate of drug-likeness (QED) is 0.221. The summed E-state index contributed by atoms with van der Waals surface area (Å²) in [5.74, 6) is 0.244. The van der Waals surface area contributed by atoms with E-state index in [9.17, 15) is 19.2 Å². The molecule has 5 heterocycles. The van der Waals surface area contributed by atoms with Gasteiger partial charge in [-0.3, -0.25) is 19.2 Å². The molecule has 0 aromatic carbocycles. The highest BCUT2D eigenvalue weighted by molar-refractivity contribution is 5.96. The fourth-order valence-electron chi connectivity index (χ4n) is 6.13. The highest BCUT2D eigenvalue weighted by atomic mass is 16.2. The molecule has 4 aromatic heterocycles. The van der Waals surface area contributed by atoms with Crippen LogP contribution in [0.25, 0.3) is 0 Å². The number of hydrogen-bond acceptors (Lipinski definition) is 8. The van der Waals surface area contributed by atoms with E-state index in [-0.39, 0.29) is 22.8 Å². The number of rotatable bonds is 0. The molecule has 16 nitrogen and oxygen atoms in total. The largest absolute Gasteiger partial charge is 0.341 e. The van der Waals surface area contributed by atoms with Crippen LogP contribution in [-0.4, -0.2) is 61.8 Å². The molecular formula is C32H44N12O4. The van der Waals surface area contributed by atoms with Crippen molar-refractivity contribution in [2.75, 3.05) is 0 Å². The molecule has 0 spiro atoms. The molecule has 4 aromatic rings. The van der Waals surface area contributed by atoms with Crippen molar-refractivity contribution in [1.82, 2.24) is 59.5 Å². The van der Waals surface area contributed by atoms with E-state index in [1.165, 1.54) is 0 Å². The molecule has 0 aliphatic carbocycles. The van der Waals surface area contributed by atoms with Crippen LogP contribution < -0.4 is 21.3 Å². The van der Waals surface area contributed by atoms with E-state index in [1.54, 1.807) is 102 Å². The second-order valence-electron chi connectivity index (χ2n) is 12.6. The lowest BCUT2D eigenvalue weighted by atomic mass is 10.2. The van der Waals surface area contributed by atoms with Gasteiger partial charge in [-0.2, -0.15) is 0 Å². The van der Waals surface area contributed by atoms with Gasteiger partial charge in [0.1, 0.15) is 46.1 Å². The SMILES string of the molecule is Cc1c2nc(n1C)[C@H](C)NC(=O)c1nc(n(C)c1C)[C@H](C)NC(=O)c1nc(n(C)c1C)[C@H](C)NC(=O)c1nc(n(C)c1C)[C@H](C)NC2=O. The number of nitrogens with one attached hydrogen (secondary N) is 4. The van der Waals surface area contributed by atoms with Gasteiger partial charge in [0.2, 0.25) is 0 Å². The summed E-state index contributed by atoms with van der Waals surface area (Å²) in [4.78, 5) is 72.5. The second-order valence-corrected chi connectivity index (χ2v) is 12.6. The predicted molar refractivity (Wildman–Crippen MR) is 175 cm³/mol. The van der Waals surface area contributed by atoms with Crippen molar-refractivity contribution >= 4 is 23.6 Å². The zero-order valence-electron chi connectivity index (χ0n) is 29.5. The van der Waals surface area contributed by atoms with E-state index >= 15 is 0 Å². The first-order valence-electron chi connectivity index (χ1n) is 15.8. The van der Waals surface area contributed by atoms with Gasteiger partial charge in [-0.15, -0.1) is 0 Å². The van der Waals surface area contributed by atoms with Gasteiger partial charge < -0.3 is 39.5 Å². The summed E-state index contributed by atoms with van der Waals surface area (Å²) in [6.07, 6.45) is 0. The van der Waals surface area contributed by atoms with Crippen molar-refractivity contribution in [3.05, 3.63) is 68.8 Å². The smallest absolute Gasteiger partial charge is 0.272 e. The third-order valence-corrected chi connectivity index (χ3v) is 9.46. The van der Waals surface area contributed by atoms with E-state index < -0.39 is 47.8 Å². The molecule has 4 N–H and O–H groups in total. The van der Waals surface area contributed by atoms with Crippen molar-refractivity contribution in [1.29, 1.82) is 0 Å². The van der Waals surface area contributed by atoms with Crippen molar-refractivity contribution in [3.8, 4) is 0 Å². The van der Waals surface area contributed by atoms with Crippen molar-refractivity contribution in [2.45, 2.75) is 79.6 Å². The molecule has 1 aliphatic heterocycles. The lowest BCUT2D eigenvalue weighted by molar-refractivity contribution is 0.0924. The number of carbonyl (C=O) groups excluding carboxylic acids is 4. The Balaban J connectivity index is 1.58. The van der Waals surface area contributed by atoms with Gasteiger partial charge >= 0.3 is 0 Å².